The topological polar surface area (TPSA) is 77.2 Å². The van der Waals surface area contributed by atoms with Gasteiger partial charge in [-0.2, -0.15) is 0 Å². The van der Waals surface area contributed by atoms with Crippen molar-refractivity contribution in [2.75, 3.05) is 25.1 Å². The lowest BCUT2D eigenvalue weighted by atomic mass is 10.2. The van der Waals surface area contributed by atoms with Gasteiger partial charge in [-0.3, -0.25) is 4.79 Å². The number of nitrogens with two attached hydrogens (primary N) is 1. The highest BCUT2D eigenvalue weighted by Crippen LogP contribution is 2.26. The predicted molar refractivity (Wildman–Crippen MR) is 67.5 cm³/mol. The number of anilines is 1. The van der Waals surface area contributed by atoms with E-state index in [0.29, 0.717) is 18.8 Å². The molecule has 1 heterocycles. The molecule has 0 unspecified atom stereocenters. The van der Waals surface area contributed by atoms with Gasteiger partial charge in [0.2, 0.25) is 5.91 Å². The zero-order chi connectivity index (χ0) is 12.8. The van der Waals surface area contributed by atoms with Crippen molar-refractivity contribution in [1.29, 1.82) is 0 Å². The molecule has 17 heavy (non-hydrogen) atoms. The van der Waals surface area contributed by atoms with E-state index in [2.05, 4.69) is 10.3 Å². The Kier molecular flexibility index (Phi) is 5.64. The third-order valence-corrected chi connectivity index (χ3v) is 2.37. The molecule has 0 spiro atoms. The van der Waals surface area contributed by atoms with Gasteiger partial charge in [0.05, 0.1) is 12.3 Å². The number of aryl methyl sites for hydroxylation is 1. The summed E-state index contributed by atoms with van der Waals surface area (Å²) in [7, 11) is 0. The Bertz CT molecular complexity index is 390. The fraction of sp³-hybridized carbons (Fsp3) is 0.400. The number of ether oxygens (including phenoxy) is 1. The normalized spacial score (nSPS) is 10.4. The van der Waals surface area contributed by atoms with Gasteiger partial charge in [-0.15, -0.1) is 0 Å². The molecule has 0 saturated carbocycles. The van der Waals surface area contributed by atoms with Crippen molar-refractivity contribution in [2.24, 2.45) is 5.73 Å². The van der Waals surface area contributed by atoms with Crippen molar-refractivity contribution in [2.45, 2.75) is 6.92 Å². The molecular formula is C10H13Cl2N3O2. The maximum absolute atomic E-state index is 11.5. The highest BCUT2D eigenvalue weighted by molar-refractivity contribution is 6.34. The Hall–Kier alpha value is -0.880. The summed E-state index contributed by atoms with van der Waals surface area (Å²) in [4.78, 5) is 15.3. The van der Waals surface area contributed by atoms with Gasteiger partial charge in [-0.25, -0.2) is 4.98 Å². The van der Waals surface area contributed by atoms with Crippen LogP contribution >= 0.6 is 23.2 Å². The van der Waals surface area contributed by atoms with Crippen LogP contribution in [0.4, 0.5) is 5.69 Å². The monoisotopic (exact) mass is 277 g/mol. The van der Waals surface area contributed by atoms with Gasteiger partial charge in [-0.1, -0.05) is 23.2 Å². The van der Waals surface area contributed by atoms with E-state index >= 15 is 0 Å². The summed E-state index contributed by atoms with van der Waals surface area (Å²) in [5, 5.41) is 3.04. The molecule has 94 valence electrons. The second kappa shape index (κ2) is 6.76. The molecule has 0 aromatic carbocycles. The van der Waals surface area contributed by atoms with Crippen LogP contribution in [0.5, 0.6) is 0 Å². The Morgan fingerprint density at radius 2 is 2.29 bits per heavy atom. The van der Waals surface area contributed by atoms with Crippen LogP contribution in [0.25, 0.3) is 0 Å². The molecule has 0 saturated heterocycles. The van der Waals surface area contributed by atoms with Gasteiger partial charge < -0.3 is 15.8 Å². The van der Waals surface area contributed by atoms with Crippen LogP contribution in [0.3, 0.4) is 0 Å². The molecule has 7 heteroatoms. The van der Waals surface area contributed by atoms with Crippen molar-refractivity contribution in [3.63, 3.8) is 0 Å². The lowest BCUT2D eigenvalue weighted by molar-refractivity contribution is -0.120. The van der Waals surface area contributed by atoms with Crippen LogP contribution in [0.1, 0.15) is 5.56 Å². The van der Waals surface area contributed by atoms with Gasteiger partial charge in [0.25, 0.3) is 0 Å². The van der Waals surface area contributed by atoms with E-state index < -0.39 is 0 Å². The van der Waals surface area contributed by atoms with Gasteiger partial charge in [0.15, 0.2) is 5.15 Å². The number of carbonyl (C=O) groups excluding carboxylic acids is 1. The minimum Gasteiger partial charge on any atom is -0.370 e. The third-order valence-electron chi connectivity index (χ3n) is 1.90. The molecule has 1 amide bonds. The van der Waals surface area contributed by atoms with Crippen LogP contribution in [0.15, 0.2) is 6.07 Å². The molecule has 0 aliphatic carbocycles. The summed E-state index contributed by atoms with van der Waals surface area (Å²) in [5.74, 6) is -0.312. The molecule has 1 rings (SSSR count). The maximum atomic E-state index is 11.5. The fourth-order valence-electron chi connectivity index (χ4n) is 1.17. The Labute approximate surface area is 109 Å². The van der Waals surface area contributed by atoms with Gasteiger partial charge in [0.1, 0.15) is 11.8 Å². The molecule has 3 N–H and O–H groups in total. The molecular weight excluding hydrogens is 265 g/mol. The van der Waals surface area contributed by atoms with Crippen LogP contribution in [-0.4, -0.2) is 30.6 Å². The van der Waals surface area contributed by atoms with E-state index in [1.165, 1.54) is 0 Å². The zero-order valence-electron chi connectivity index (χ0n) is 9.30. The number of aromatic nitrogens is 1. The van der Waals surface area contributed by atoms with Gasteiger partial charge in [0, 0.05) is 6.54 Å². The Morgan fingerprint density at radius 3 is 2.88 bits per heavy atom. The smallest absolute Gasteiger partial charge is 0.250 e. The number of nitrogens with zero attached hydrogens (tertiary/aromatic N) is 1. The minimum absolute atomic E-state index is 0.0738. The summed E-state index contributed by atoms with van der Waals surface area (Å²) < 4.78 is 4.99. The molecule has 1 aromatic heterocycles. The van der Waals surface area contributed by atoms with E-state index in [1.807, 2.05) is 0 Å². The van der Waals surface area contributed by atoms with Crippen LogP contribution < -0.4 is 11.1 Å². The van der Waals surface area contributed by atoms with E-state index in [0.717, 1.165) is 5.56 Å². The second-order valence-corrected chi connectivity index (χ2v) is 4.06. The zero-order valence-corrected chi connectivity index (χ0v) is 10.8. The van der Waals surface area contributed by atoms with Crippen molar-refractivity contribution in [3.05, 3.63) is 21.9 Å². The first-order valence-electron chi connectivity index (χ1n) is 4.95. The first kappa shape index (κ1) is 14.2. The largest absolute Gasteiger partial charge is 0.370 e. The molecule has 1 aromatic rings. The van der Waals surface area contributed by atoms with Gasteiger partial charge >= 0.3 is 0 Å². The minimum atomic E-state index is -0.312. The first-order chi connectivity index (χ1) is 8.04. The van der Waals surface area contributed by atoms with Crippen LogP contribution in [0, 0.1) is 6.92 Å². The molecule has 0 radical (unpaired) electrons. The fourth-order valence-corrected chi connectivity index (χ4v) is 1.75. The molecule has 0 bridgehead atoms. The van der Waals surface area contributed by atoms with E-state index in [9.17, 15) is 4.79 Å². The quantitative estimate of drug-likeness (QED) is 0.633. The van der Waals surface area contributed by atoms with Crippen LogP contribution in [0.2, 0.25) is 10.3 Å². The Morgan fingerprint density at radius 1 is 1.59 bits per heavy atom. The number of pyridine rings is 1. The summed E-state index contributed by atoms with van der Waals surface area (Å²) >= 11 is 11.6. The lowest BCUT2D eigenvalue weighted by Gasteiger charge is -2.10. The molecule has 0 fully saturated rings. The van der Waals surface area contributed by atoms with Gasteiger partial charge in [-0.05, 0) is 18.6 Å². The number of hydrogen-bond acceptors (Lipinski definition) is 4. The third kappa shape index (κ3) is 4.47. The second-order valence-electron chi connectivity index (χ2n) is 3.32. The standard InChI is InChI=1S/C10H13Cl2N3O2/c1-6-4-7(11)14-10(12)9(6)15-8(16)5-17-3-2-13/h4H,2-3,5,13H2,1H3,(H,15,16). The summed E-state index contributed by atoms with van der Waals surface area (Å²) in [6.45, 7) is 2.40. The predicted octanol–water partition coefficient (Wildman–Crippen LogP) is 1.61. The van der Waals surface area contributed by atoms with Crippen molar-refractivity contribution in [1.82, 2.24) is 4.98 Å². The number of rotatable bonds is 5. The highest BCUT2D eigenvalue weighted by atomic mass is 35.5. The maximum Gasteiger partial charge on any atom is 0.250 e. The SMILES string of the molecule is Cc1cc(Cl)nc(Cl)c1NC(=O)COCCN. The molecule has 5 nitrogen and oxygen atoms in total. The van der Waals surface area contributed by atoms with Crippen molar-refractivity contribution < 1.29 is 9.53 Å². The number of carbonyl (C=O) groups is 1. The molecule has 0 aliphatic rings. The van der Waals surface area contributed by atoms with Crippen molar-refractivity contribution in [3.8, 4) is 0 Å². The lowest BCUT2D eigenvalue weighted by Crippen LogP contribution is -2.21. The summed E-state index contributed by atoms with van der Waals surface area (Å²) in [6.07, 6.45) is 0. The highest BCUT2D eigenvalue weighted by Gasteiger charge is 2.11. The Balaban J connectivity index is 2.65. The number of amides is 1. The van der Waals surface area contributed by atoms with E-state index in [4.69, 9.17) is 33.7 Å². The molecule has 0 atom stereocenters. The summed E-state index contributed by atoms with van der Waals surface area (Å²) in [6, 6.07) is 1.61. The van der Waals surface area contributed by atoms with E-state index in [-0.39, 0.29) is 22.8 Å². The van der Waals surface area contributed by atoms with Crippen LogP contribution in [-0.2, 0) is 9.53 Å². The average molecular weight is 278 g/mol. The molecule has 0 aliphatic heterocycles. The number of halogens is 2. The number of hydrogen-bond donors (Lipinski definition) is 2. The average Bonchev–Trinajstić information content (AvgIpc) is 2.24. The van der Waals surface area contributed by atoms with E-state index in [1.54, 1.807) is 13.0 Å². The number of nitrogens with one attached hydrogen (secondary N) is 1. The first-order valence-corrected chi connectivity index (χ1v) is 5.70. The van der Waals surface area contributed by atoms with Crippen molar-refractivity contribution >= 4 is 34.8 Å². The summed E-state index contributed by atoms with van der Waals surface area (Å²) in [5.41, 5.74) is 6.41.